The number of rotatable bonds is 2. The Bertz CT molecular complexity index is 1020. The molecule has 1 aromatic carbocycles. The summed E-state index contributed by atoms with van der Waals surface area (Å²) in [5, 5.41) is 4.89. The Morgan fingerprint density at radius 2 is 2.08 bits per heavy atom. The number of anilines is 1. The molecule has 0 saturated heterocycles. The predicted octanol–water partition coefficient (Wildman–Crippen LogP) is 2.75. The number of amides is 1. The van der Waals surface area contributed by atoms with Crippen molar-refractivity contribution in [2.24, 2.45) is 5.92 Å². The van der Waals surface area contributed by atoms with Gasteiger partial charge in [-0.25, -0.2) is 0 Å². The van der Waals surface area contributed by atoms with Gasteiger partial charge in [0, 0.05) is 54.8 Å². The monoisotopic (exact) mass is 344 g/mol. The second-order valence-electron chi connectivity index (χ2n) is 7.04. The van der Waals surface area contributed by atoms with Gasteiger partial charge in [-0.15, -0.1) is 0 Å². The molecule has 2 N–H and O–H groups in total. The molecule has 5 heteroatoms. The van der Waals surface area contributed by atoms with Crippen molar-refractivity contribution in [1.29, 1.82) is 0 Å². The summed E-state index contributed by atoms with van der Waals surface area (Å²) in [6, 6.07) is 10.3. The number of aromatic amines is 1. The number of fused-ring (bicyclic) bond motifs is 2. The minimum absolute atomic E-state index is 0.0988. The van der Waals surface area contributed by atoms with E-state index in [1.165, 1.54) is 27.6 Å². The van der Waals surface area contributed by atoms with Gasteiger partial charge < -0.3 is 15.2 Å². The van der Waals surface area contributed by atoms with Gasteiger partial charge in [0.05, 0.1) is 5.92 Å². The van der Waals surface area contributed by atoms with Gasteiger partial charge in [-0.2, -0.15) is 0 Å². The summed E-state index contributed by atoms with van der Waals surface area (Å²) in [5.74, 6) is -0.0724. The number of H-pyrrole nitrogens is 1. The molecule has 1 aliphatic carbocycles. The average molecular weight is 344 g/mol. The van der Waals surface area contributed by atoms with Gasteiger partial charge in [0.2, 0.25) is 5.91 Å². The fraction of sp³-hybridized carbons (Fsp3) is 0.238. The van der Waals surface area contributed by atoms with Gasteiger partial charge in [-0.3, -0.25) is 9.78 Å². The third-order valence-corrected chi connectivity index (χ3v) is 5.56. The molecule has 2 aromatic heterocycles. The first-order chi connectivity index (χ1) is 12.7. The normalized spacial score (nSPS) is 21.2. The van der Waals surface area contributed by atoms with Crippen molar-refractivity contribution in [1.82, 2.24) is 15.3 Å². The number of benzene rings is 1. The first-order valence-corrected chi connectivity index (χ1v) is 8.94. The van der Waals surface area contributed by atoms with Gasteiger partial charge in [-0.1, -0.05) is 18.2 Å². The molecule has 5 nitrogen and oxygen atoms in total. The molecule has 0 saturated carbocycles. The topological polar surface area (TPSA) is 61.0 Å². The van der Waals surface area contributed by atoms with E-state index in [2.05, 4.69) is 45.8 Å². The molecule has 2 atom stereocenters. The lowest BCUT2D eigenvalue weighted by Gasteiger charge is -2.34. The lowest BCUT2D eigenvalue weighted by Crippen LogP contribution is -2.46. The lowest BCUT2D eigenvalue weighted by molar-refractivity contribution is -0.120. The smallest absolute Gasteiger partial charge is 0.234 e. The number of hydrogen-bond donors (Lipinski definition) is 2. The number of aromatic nitrogens is 2. The molecule has 0 fully saturated rings. The highest BCUT2D eigenvalue weighted by molar-refractivity contribution is 6.01. The van der Waals surface area contributed by atoms with Gasteiger partial charge >= 0.3 is 0 Å². The fourth-order valence-corrected chi connectivity index (χ4v) is 4.21. The predicted molar refractivity (Wildman–Crippen MR) is 103 cm³/mol. The molecular weight excluding hydrogens is 324 g/mol. The van der Waals surface area contributed by atoms with Crippen LogP contribution in [0.15, 0.2) is 55.0 Å². The van der Waals surface area contributed by atoms with Crippen LogP contribution < -0.4 is 10.2 Å². The number of pyridine rings is 1. The first-order valence-electron chi connectivity index (χ1n) is 8.94. The van der Waals surface area contributed by atoms with Crippen LogP contribution in [-0.2, 0) is 11.2 Å². The molecule has 1 aliphatic heterocycles. The molecule has 0 bridgehead atoms. The quantitative estimate of drug-likeness (QED) is 0.751. The second-order valence-corrected chi connectivity index (χ2v) is 7.04. The van der Waals surface area contributed by atoms with E-state index in [-0.39, 0.29) is 17.9 Å². The van der Waals surface area contributed by atoms with Crippen molar-refractivity contribution < 1.29 is 4.79 Å². The Morgan fingerprint density at radius 3 is 2.92 bits per heavy atom. The van der Waals surface area contributed by atoms with Crippen LogP contribution in [0.1, 0.15) is 11.1 Å². The van der Waals surface area contributed by atoms with Crippen molar-refractivity contribution in [2.75, 3.05) is 18.5 Å². The average Bonchev–Trinajstić information content (AvgIpc) is 3.12. The number of hydrogen-bond acceptors (Lipinski definition) is 3. The summed E-state index contributed by atoms with van der Waals surface area (Å²) in [4.78, 5) is 22.1. The number of nitrogens with one attached hydrogen (secondary N) is 2. The van der Waals surface area contributed by atoms with Crippen molar-refractivity contribution >= 4 is 28.1 Å². The molecule has 0 spiro atoms. The van der Waals surface area contributed by atoms with E-state index in [0.717, 1.165) is 12.1 Å². The van der Waals surface area contributed by atoms with E-state index in [1.807, 2.05) is 19.2 Å². The van der Waals surface area contributed by atoms with Crippen molar-refractivity contribution in [3.63, 3.8) is 0 Å². The van der Waals surface area contributed by atoms with Crippen LogP contribution in [0.5, 0.6) is 0 Å². The van der Waals surface area contributed by atoms with Gasteiger partial charge in [0.15, 0.2) is 0 Å². The van der Waals surface area contributed by atoms with E-state index < -0.39 is 0 Å². The Kier molecular flexibility index (Phi) is 3.43. The molecular formula is C21H20N4O. The molecule has 0 unspecified atom stereocenters. The van der Waals surface area contributed by atoms with E-state index in [4.69, 9.17) is 0 Å². The molecule has 2 aliphatic rings. The Labute approximate surface area is 151 Å². The highest BCUT2D eigenvalue weighted by atomic mass is 16.2. The van der Waals surface area contributed by atoms with Gasteiger partial charge in [-0.05, 0) is 41.3 Å². The molecule has 130 valence electrons. The zero-order valence-electron chi connectivity index (χ0n) is 14.6. The Hall–Kier alpha value is -2.92. The zero-order chi connectivity index (χ0) is 17.7. The maximum absolute atomic E-state index is 13.0. The molecule has 0 radical (unpaired) electrons. The third kappa shape index (κ3) is 2.28. The summed E-state index contributed by atoms with van der Waals surface area (Å²) in [6.45, 7) is 0.665. The largest absolute Gasteiger partial charge is 0.361 e. The Balaban J connectivity index is 1.52. The van der Waals surface area contributed by atoms with Crippen molar-refractivity contribution in [2.45, 2.75) is 12.5 Å². The van der Waals surface area contributed by atoms with Crippen LogP contribution in [-0.4, -0.2) is 35.5 Å². The molecule has 3 heterocycles. The van der Waals surface area contributed by atoms with Crippen LogP contribution in [0.25, 0.3) is 16.5 Å². The summed E-state index contributed by atoms with van der Waals surface area (Å²) >= 11 is 0. The standard InChI is InChI=1S/C21H20N4O/c1-25(15-5-7-22-8-6-15)21(26)14-9-17-16-3-2-4-18-20(16)13(11-23-18)10-19(17)24-12-14/h2-9,11,14,19,23-24H,10,12H2,1H3/t14-,19-/m1/s1. The SMILES string of the molecule is CN(C(=O)[C@@H]1C=C2c3cccc4[nH]cc(c34)C[C@H]2NC1)c1ccncc1. The van der Waals surface area contributed by atoms with Crippen LogP contribution in [0.4, 0.5) is 5.69 Å². The summed E-state index contributed by atoms with van der Waals surface area (Å²) in [7, 11) is 1.83. The van der Waals surface area contributed by atoms with E-state index in [0.29, 0.717) is 6.54 Å². The van der Waals surface area contributed by atoms with Crippen LogP contribution in [0.3, 0.4) is 0 Å². The van der Waals surface area contributed by atoms with Gasteiger partial charge in [0.1, 0.15) is 0 Å². The van der Waals surface area contributed by atoms with Gasteiger partial charge in [0.25, 0.3) is 0 Å². The zero-order valence-corrected chi connectivity index (χ0v) is 14.6. The molecule has 26 heavy (non-hydrogen) atoms. The van der Waals surface area contributed by atoms with Crippen molar-refractivity contribution in [3.05, 3.63) is 66.1 Å². The minimum atomic E-state index is -0.171. The maximum atomic E-state index is 13.0. The van der Waals surface area contributed by atoms with E-state index in [1.54, 1.807) is 17.3 Å². The number of carbonyl (C=O) groups excluding carboxylic acids is 1. The molecule has 1 amide bonds. The van der Waals surface area contributed by atoms with Crippen LogP contribution in [0, 0.1) is 5.92 Å². The fourth-order valence-electron chi connectivity index (χ4n) is 4.21. The molecule has 3 aromatic rings. The van der Waals surface area contributed by atoms with Crippen LogP contribution >= 0.6 is 0 Å². The number of carbonyl (C=O) groups is 1. The summed E-state index contributed by atoms with van der Waals surface area (Å²) < 4.78 is 0. The Morgan fingerprint density at radius 1 is 1.23 bits per heavy atom. The van der Waals surface area contributed by atoms with Crippen molar-refractivity contribution in [3.8, 4) is 0 Å². The lowest BCUT2D eigenvalue weighted by atomic mass is 9.80. The minimum Gasteiger partial charge on any atom is -0.361 e. The highest BCUT2D eigenvalue weighted by Gasteiger charge is 2.33. The van der Waals surface area contributed by atoms with Crippen LogP contribution in [0.2, 0.25) is 0 Å². The van der Waals surface area contributed by atoms with E-state index >= 15 is 0 Å². The molecule has 5 rings (SSSR count). The first kappa shape index (κ1) is 15.3. The van der Waals surface area contributed by atoms with E-state index in [9.17, 15) is 4.79 Å². The third-order valence-electron chi connectivity index (χ3n) is 5.56. The second kappa shape index (κ2) is 5.81. The number of nitrogens with zero attached hydrogens (tertiary/aromatic N) is 2. The summed E-state index contributed by atoms with van der Waals surface area (Å²) in [6.07, 6.45) is 8.67. The maximum Gasteiger partial charge on any atom is 0.234 e. The summed E-state index contributed by atoms with van der Waals surface area (Å²) in [5.41, 5.74) is 5.87. The highest BCUT2D eigenvalue weighted by Crippen LogP contribution is 2.38.